The summed E-state index contributed by atoms with van der Waals surface area (Å²) in [5, 5.41) is 28.6. The molecular weight excluding hydrogens is 408 g/mol. The van der Waals surface area contributed by atoms with Crippen LogP contribution < -0.4 is 16.0 Å². The van der Waals surface area contributed by atoms with Gasteiger partial charge < -0.3 is 16.0 Å². The highest BCUT2D eigenvalue weighted by molar-refractivity contribution is 5.96. The standard InChI is InChI=1S/C21H22N10O/c1-12(2)30-11-14(9-25-30)18-28-19-15-5-3-4-13(8-22)17(15)27-21(31(19)29-18)26-16-10-23-6-7-24-20(16)32/h3-5,9,11-12,16,23H,6-7,10H2,1-2H3,(H,24,32)(H,26,27)/t16-/m1/s1. The van der Waals surface area contributed by atoms with Gasteiger partial charge in [0.15, 0.2) is 11.5 Å². The van der Waals surface area contributed by atoms with Crippen LogP contribution in [-0.4, -0.2) is 60.9 Å². The van der Waals surface area contributed by atoms with Gasteiger partial charge in [-0.15, -0.1) is 5.10 Å². The molecule has 1 amide bonds. The molecule has 0 saturated carbocycles. The maximum atomic E-state index is 12.5. The third-order valence-corrected chi connectivity index (χ3v) is 5.38. The number of carbonyl (C=O) groups excluding carboxylic acids is 1. The minimum Gasteiger partial charge on any atom is -0.353 e. The number of benzene rings is 1. The van der Waals surface area contributed by atoms with Crippen molar-refractivity contribution in [1.29, 1.82) is 5.26 Å². The first-order valence-electron chi connectivity index (χ1n) is 10.4. The lowest BCUT2D eigenvalue weighted by atomic mass is 10.1. The van der Waals surface area contributed by atoms with Gasteiger partial charge in [0.05, 0.1) is 22.8 Å². The lowest BCUT2D eigenvalue weighted by molar-refractivity contribution is -0.121. The summed E-state index contributed by atoms with van der Waals surface area (Å²) < 4.78 is 3.43. The molecule has 11 heteroatoms. The molecule has 32 heavy (non-hydrogen) atoms. The smallest absolute Gasteiger partial charge is 0.243 e. The molecular formula is C21H22N10O. The van der Waals surface area contributed by atoms with Gasteiger partial charge in [-0.2, -0.15) is 14.9 Å². The van der Waals surface area contributed by atoms with Gasteiger partial charge in [-0.1, -0.05) is 6.07 Å². The van der Waals surface area contributed by atoms with Crippen LogP contribution in [0, 0.1) is 11.3 Å². The Morgan fingerprint density at radius 2 is 2.16 bits per heavy atom. The molecule has 1 saturated heterocycles. The number of amides is 1. The van der Waals surface area contributed by atoms with Crippen molar-refractivity contribution in [3.8, 4) is 17.5 Å². The van der Waals surface area contributed by atoms with E-state index in [4.69, 9.17) is 4.98 Å². The van der Waals surface area contributed by atoms with Gasteiger partial charge in [0, 0.05) is 37.3 Å². The summed E-state index contributed by atoms with van der Waals surface area (Å²) in [6.07, 6.45) is 3.62. The predicted molar refractivity (Wildman–Crippen MR) is 118 cm³/mol. The Labute approximate surface area is 183 Å². The van der Waals surface area contributed by atoms with Crippen molar-refractivity contribution in [2.45, 2.75) is 25.9 Å². The fraction of sp³-hybridized carbons (Fsp3) is 0.333. The minimum absolute atomic E-state index is 0.128. The van der Waals surface area contributed by atoms with E-state index in [-0.39, 0.29) is 11.9 Å². The van der Waals surface area contributed by atoms with E-state index in [1.807, 2.05) is 30.8 Å². The van der Waals surface area contributed by atoms with Crippen molar-refractivity contribution in [1.82, 2.24) is 40.0 Å². The number of rotatable bonds is 4. The fourth-order valence-corrected chi connectivity index (χ4v) is 3.68. The van der Waals surface area contributed by atoms with Gasteiger partial charge in [-0.25, -0.2) is 9.97 Å². The highest BCUT2D eigenvalue weighted by Gasteiger charge is 2.24. The van der Waals surface area contributed by atoms with E-state index in [0.29, 0.717) is 53.5 Å². The van der Waals surface area contributed by atoms with Crippen LogP contribution in [0.1, 0.15) is 25.5 Å². The molecule has 4 heterocycles. The molecule has 0 aliphatic carbocycles. The number of para-hydroxylation sites is 1. The van der Waals surface area contributed by atoms with E-state index in [1.54, 1.807) is 22.8 Å². The largest absolute Gasteiger partial charge is 0.353 e. The number of fused-ring (bicyclic) bond motifs is 3. The number of carbonyl (C=O) groups is 1. The fourth-order valence-electron chi connectivity index (χ4n) is 3.68. The van der Waals surface area contributed by atoms with Crippen LogP contribution in [0.3, 0.4) is 0 Å². The number of nitrogens with one attached hydrogen (secondary N) is 3. The number of anilines is 1. The molecule has 1 aliphatic rings. The van der Waals surface area contributed by atoms with Gasteiger partial charge in [0.2, 0.25) is 11.9 Å². The van der Waals surface area contributed by atoms with Crippen LogP contribution >= 0.6 is 0 Å². The summed E-state index contributed by atoms with van der Waals surface area (Å²) in [7, 11) is 0. The molecule has 4 aromatic rings. The van der Waals surface area contributed by atoms with Crippen LogP contribution in [-0.2, 0) is 4.79 Å². The number of nitrogens with zero attached hydrogens (tertiary/aromatic N) is 7. The first-order valence-corrected chi connectivity index (χ1v) is 10.4. The summed E-state index contributed by atoms with van der Waals surface area (Å²) in [6, 6.07) is 7.21. The SMILES string of the molecule is CC(C)n1cc(-c2nc3c4cccc(C#N)c4nc(N[C@@H]4CNCCNC4=O)n3n2)cn1. The number of hydrogen-bond donors (Lipinski definition) is 3. The molecule has 0 spiro atoms. The Balaban J connectivity index is 1.69. The zero-order chi connectivity index (χ0) is 22.2. The van der Waals surface area contributed by atoms with Crippen LogP contribution in [0.25, 0.3) is 27.9 Å². The second kappa shape index (κ2) is 7.90. The molecule has 3 N–H and O–H groups in total. The van der Waals surface area contributed by atoms with Crippen molar-refractivity contribution < 1.29 is 4.79 Å². The van der Waals surface area contributed by atoms with E-state index < -0.39 is 6.04 Å². The van der Waals surface area contributed by atoms with E-state index in [2.05, 4.69) is 37.2 Å². The Morgan fingerprint density at radius 3 is 2.94 bits per heavy atom. The Kier molecular flexibility index (Phi) is 4.91. The topological polar surface area (TPSA) is 138 Å². The first kappa shape index (κ1) is 19.9. The lowest BCUT2D eigenvalue weighted by Gasteiger charge is -2.16. The molecule has 1 aliphatic heterocycles. The van der Waals surface area contributed by atoms with Crippen LogP contribution in [0.4, 0.5) is 5.95 Å². The molecule has 1 fully saturated rings. The summed E-state index contributed by atoms with van der Waals surface area (Å²) in [6.45, 7) is 5.78. The zero-order valence-corrected chi connectivity index (χ0v) is 17.7. The monoisotopic (exact) mass is 430 g/mol. The minimum atomic E-state index is -0.545. The summed E-state index contributed by atoms with van der Waals surface area (Å²) >= 11 is 0. The van der Waals surface area contributed by atoms with Crippen molar-refractivity contribution in [3.63, 3.8) is 0 Å². The van der Waals surface area contributed by atoms with Crippen LogP contribution in [0.15, 0.2) is 30.6 Å². The highest BCUT2D eigenvalue weighted by atomic mass is 16.2. The number of hydrogen-bond acceptors (Lipinski definition) is 8. The van der Waals surface area contributed by atoms with Gasteiger partial charge in [0.1, 0.15) is 12.1 Å². The Hall–Kier alpha value is -4.04. The van der Waals surface area contributed by atoms with E-state index in [0.717, 1.165) is 5.56 Å². The van der Waals surface area contributed by atoms with Gasteiger partial charge in [-0.3, -0.25) is 9.48 Å². The van der Waals surface area contributed by atoms with E-state index in [1.165, 1.54) is 0 Å². The maximum absolute atomic E-state index is 12.5. The number of nitriles is 1. The van der Waals surface area contributed by atoms with Gasteiger partial charge in [0.25, 0.3) is 0 Å². The van der Waals surface area contributed by atoms with Crippen LogP contribution in [0.5, 0.6) is 0 Å². The molecule has 1 aromatic carbocycles. The third kappa shape index (κ3) is 3.40. The lowest BCUT2D eigenvalue weighted by Crippen LogP contribution is -2.42. The normalized spacial score (nSPS) is 16.8. The summed E-state index contributed by atoms with van der Waals surface area (Å²) in [4.78, 5) is 21.9. The van der Waals surface area contributed by atoms with E-state index in [9.17, 15) is 10.1 Å². The molecule has 162 valence electrons. The summed E-state index contributed by atoms with van der Waals surface area (Å²) in [5.41, 5.74) is 2.24. The molecule has 11 nitrogen and oxygen atoms in total. The quantitative estimate of drug-likeness (QED) is 0.437. The van der Waals surface area contributed by atoms with E-state index >= 15 is 0 Å². The average Bonchev–Trinajstić information content (AvgIpc) is 3.41. The van der Waals surface area contributed by atoms with Crippen LogP contribution in [0.2, 0.25) is 0 Å². The first-order chi connectivity index (χ1) is 15.5. The molecule has 0 unspecified atom stereocenters. The second-order valence-corrected chi connectivity index (χ2v) is 7.91. The summed E-state index contributed by atoms with van der Waals surface area (Å²) in [5.74, 6) is 0.700. The predicted octanol–water partition coefficient (Wildman–Crippen LogP) is 1.09. The molecule has 3 aromatic heterocycles. The van der Waals surface area contributed by atoms with Gasteiger partial charge >= 0.3 is 0 Å². The van der Waals surface area contributed by atoms with Gasteiger partial charge in [-0.05, 0) is 26.0 Å². The Bertz CT molecular complexity index is 1360. The van der Waals surface area contributed by atoms with Crippen molar-refractivity contribution >= 4 is 28.4 Å². The van der Waals surface area contributed by atoms with Crippen molar-refractivity contribution in [2.75, 3.05) is 25.0 Å². The van der Waals surface area contributed by atoms with Crippen molar-refractivity contribution in [2.24, 2.45) is 0 Å². The van der Waals surface area contributed by atoms with Crippen molar-refractivity contribution in [3.05, 3.63) is 36.2 Å². The highest BCUT2D eigenvalue weighted by Crippen LogP contribution is 2.26. The molecule has 5 rings (SSSR count). The molecule has 1 atom stereocenters. The average molecular weight is 430 g/mol. The molecule has 0 bridgehead atoms. The Morgan fingerprint density at radius 1 is 1.28 bits per heavy atom. The molecule has 0 radical (unpaired) electrons. The maximum Gasteiger partial charge on any atom is 0.243 e. The zero-order valence-electron chi connectivity index (χ0n) is 17.7. The second-order valence-electron chi connectivity index (χ2n) is 7.91. The third-order valence-electron chi connectivity index (χ3n) is 5.38. The number of aromatic nitrogens is 6.